The molecule has 0 saturated carbocycles. The Kier molecular flexibility index (Phi) is 3.53. The van der Waals surface area contributed by atoms with E-state index < -0.39 is 0 Å². The lowest BCUT2D eigenvalue weighted by Crippen LogP contribution is -2.62. The number of rotatable bonds is 2. The fourth-order valence-corrected chi connectivity index (χ4v) is 4.16. The Bertz CT molecular complexity index is 827. The van der Waals surface area contributed by atoms with Crippen LogP contribution in [0.4, 0.5) is 4.79 Å². The molecule has 1 amide bonds. The van der Waals surface area contributed by atoms with Crippen LogP contribution in [0.3, 0.4) is 0 Å². The van der Waals surface area contributed by atoms with Crippen LogP contribution in [0.25, 0.3) is 11.0 Å². The zero-order valence-corrected chi connectivity index (χ0v) is 14.3. The van der Waals surface area contributed by atoms with Crippen LogP contribution >= 0.6 is 0 Å². The van der Waals surface area contributed by atoms with E-state index in [0.717, 1.165) is 44.4 Å². The van der Waals surface area contributed by atoms with E-state index in [1.54, 1.807) is 4.57 Å². The van der Waals surface area contributed by atoms with Crippen LogP contribution in [-0.4, -0.2) is 45.2 Å². The minimum Gasteiger partial charge on any atom is -0.332 e. The van der Waals surface area contributed by atoms with Crippen LogP contribution in [0.2, 0.25) is 0 Å². The molecule has 3 saturated heterocycles. The third-order valence-electron chi connectivity index (χ3n) is 5.59. The largest absolute Gasteiger partial charge is 0.337 e. The second-order valence-corrected chi connectivity index (χ2v) is 7.37. The standard InChI is InChI=1S/C18H24N4O2/c1-13(2)21-14-5-3-4-6-15(14)22(17(21)24)16(23)19-18-7-10-20(11-8-18)12-9-18/h3-6,13H,7-12H2,1-2H3,(H,19,23). The zero-order valence-electron chi connectivity index (χ0n) is 14.3. The highest BCUT2D eigenvalue weighted by molar-refractivity contribution is 5.89. The van der Waals surface area contributed by atoms with E-state index in [9.17, 15) is 9.59 Å². The summed E-state index contributed by atoms with van der Waals surface area (Å²) in [5, 5.41) is 3.21. The lowest BCUT2D eigenvalue weighted by molar-refractivity contribution is 0.0673. The lowest BCUT2D eigenvalue weighted by Gasteiger charge is -2.48. The molecule has 6 heteroatoms. The van der Waals surface area contributed by atoms with Crippen LogP contribution in [0.15, 0.2) is 29.1 Å². The third-order valence-corrected chi connectivity index (χ3v) is 5.59. The number of aromatic nitrogens is 2. The summed E-state index contributed by atoms with van der Waals surface area (Å²) in [5.41, 5.74) is 1.09. The van der Waals surface area contributed by atoms with Crippen LogP contribution in [0.1, 0.15) is 39.2 Å². The molecule has 0 spiro atoms. The van der Waals surface area contributed by atoms with Crippen molar-refractivity contribution in [3.05, 3.63) is 34.7 Å². The normalized spacial score (nSPS) is 26.2. The smallest absolute Gasteiger partial charge is 0.332 e. The number of para-hydroxylation sites is 2. The minimum atomic E-state index is -0.286. The van der Waals surface area contributed by atoms with E-state index >= 15 is 0 Å². The van der Waals surface area contributed by atoms with Gasteiger partial charge in [-0.05, 0) is 45.2 Å². The number of imidazole rings is 1. The molecular weight excluding hydrogens is 304 g/mol. The maximum atomic E-state index is 13.0. The fraction of sp³-hybridized carbons (Fsp3) is 0.556. The Morgan fingerprint density at radius 3 is 2.25 bits per heavy atom. The molecule has 3 aliphatic heterocycles. The van der Waals surface area contributed by atoms with E-state index in [1.165, 1.54) is 4.57 Å². The van der Waals surface area contributed by atoms with E-state index in [1.807, 2.05) is 38.1 Å². The molecule has 1 aromatic heterocycles. The second kappa shape index (κ2) is 5.48. The third kappa shape index (κ3) is 2.28. The first-order valence-electron chi connectivity index (χ1n) is 8.78. The number of carbonyl (C=O) groups is 1. The van der Waals surface area contributed by atoms with E-state index in [-0.39, 0.29) is 23.3 Å². The maximum absolute atomic E-state index is 13.0. The fourth-order valence-electron chi connectivity index (χ4n) is 4.16. The minimum absolute atomic E-state index is 0.00697. The number of fused-ring (bicyclic) bond motifs is 4. The van der Waals surface area contributed by atoms with Crippen molar-refractivity contribution in [2.45, 2.75) is 44.7 Å². The number of benzene rings is 1. The van der Waals surface area contributed by atoms with Crippen molar-refractivity contribution >= 4 is 17.1 Å². The van der Waals surface area contributed by atoms with E-state index in [2.05, 4.69) is 10.2 Å². The SMILES string of the molecule is CC(C)n1c(=O)n(C(=O)NC23CCN(CC2)CC3)c2ccccc21. The molecule has 3 fully saturated rings. The molecule has 128 valence electrons. The monoisotopic (exact) mass is 328 g/mol. The highest BCUT2D eigenvalue weighted by atomic mass is 16.2. The van der Waals surface area contributed by atoms with Gasteiger partial charge in [-0.15, -0.1) is 0 Å². The van der Waals surface area contributed by atoms with Crippen LogP contribution in [0.5, 0.6) is 0 Å². The summed E-state index contributed by atoms with van der Waals surface area (Å²) < 4.78 is 3.00. The van der Waals surface area contributed by atoms with Crippen molar-refractivity contribution in [1.82, 2.24) is 19.4 Å². The van der Waals surface area contributed by atoms with Gasteiger partial charge in [0.05, 0.1) is 11.0 Å². The Morgan fingerprint density at radius 1 is 1.08 bits per heavy atom. The number of amides is 1. The molecule has 2 bridgehead atoms. The molecular formula is C18H24N4O2. The number of piperidine rings is 3. The first-order chi connectivity index (χ1) is 11.5. The summed E-state index contributed by atoms with van der Waals surface area (Å²) in [4.78, 5) is 28.3. The topological polar surface area (TPSA) is 59.3 Å². The van der Waals surface area contributed by atoms with Crippen LogP contribution in [-0.2, 0) is 0 Å². The van der Waals surface area contributed by atoms with Gasteiger partial charge in [0.15, 0.2) is 0 Å². The summed E-state index contributed by atoms with van der Waals surface area (Å²) in [5.74, 6) is 0. The molecule has 3 aliphatic rings. The van der Waals surface area contributed by atoms with E-state index in [4.69, 9.17) is 0 Å². The molecule has 5 rings (SSSR count). The van der Waals surface area contributed by atoms with E-state index in [0.29, 0.717) is 5.52 Å². The molecule has 0 atom stereocenters. The summed E-state index contributed by atoms with van der Waals surface area (Å²) in [7, 11) is 0. The van der Waals surface area contributed by atoms with Crippen molar-refractivity contribution < 1.29 is 4.79 Å². The van der Waals surface area contributed by atoms with Gasteiger partial charge in [-0.2, -0.15) is 0 Å². The highest BCUT2D eigenvalue weighted by Crippen LogP contribution is 2.32. The molecule has 1 N–H and O–H groups in total. The van der Waals surface area contributed by atoms with Crippen molar-refractivity contribution in [2.24, 2.45) is 0 Å². The van der Waals surface area contributed by atoms with Crippen LogP contribution in [0, 0.1) is 0 Å². The summed E-state index contributed by atoms with van der Waals surface area (Å²) in [6.45, 7) is 7.02. The quantitative estimate of drug-likeness (QED) is 0.919. The molecule has 24 heavy (non-hydrogen) atoms. The first-order valence-corrected chi connectivity index (χ1v) is 8.78. The predicted molar refractivity (Wildman–Crippen MR) is 93.5 cm³/mol. The summed E-state index contributed by atoms with van der Waals surface area (Å²) >= 11 is 0. The van der Waals surface area contributed by atoms with Gasteiger partial charge in [0.2, 0.25) is 0 Å². The molecule has 0 aliphatic carbocycles. The zero-order chi connectivity index (χ0) is 16.9. The molecule has 0 unspecified atom stereocenters. The highest BCUT2D eigenvalue weighted by Gasteiger charge is 2.41. The molecule has 6 nitrogen and oxygen atoms in total. The number of carbonyl (C=O) groups excluding carboxylic acids is 1. The lowest BCUT2D eigenvalue weighted by atomic mass is 9.80. The average Bonchev–Trinajstić information content (AvgIpc) is 2.88. The van der Waals surface area contributed by atoms with Gasteiger partial charge < -0.3 is 10.2 Å². The molecule has 1 aromatic carbocycles. The number of nitrogens with one attached hydrogen (secondary N) is 1. The van der Waals surface area contributed by atoms with Gasteiger partial charge in [-0.3, -0.25) is 4.57 Å². The Balaban J connectivity index is 1.75. The first kappa shape index (κ1) is 15.4. The van der Waals surface area contributed by atoms with Gasteiger partial charge in [-0.25, -0.2) is 14.2 Å². The second-order valence-electron chi connectivity index (χ2n) is 7.37. The van der Waals surface area contributed by atoms with Crippen LogP contribution < -0.4 is 11.0 Å². The average molecular weight is 328 g/mol. The van der Waals surface area contributed by atoms with Gasteiger partial charge in [0.1, 0.15) is 0 Å². The van der Waals surface area contributed by atoms with Gasteiger partial charge in [-0.1, -0.05) is 12.1 Å². The number of hydrogen-bond acceptors (Lipinski definition) is 3. The van der Waals surface area contributed by atoms with Crippen molar-refractivity contribution in [3.8, 4) is 0 Å². The Morgan fingerprint density at radius 2 is 1.67 bits per heavy atom. The summed E-state index contributed by atoms with van der Waals surface area (Å²) in [6.07, 6.45) is 2.91. The van der Waals surface area contributed by atoms with Crippen molar-refractivity contribution in [2.75, 3.05) is 19.6 Å². The summed E-state index contributed by atoms with van der Waals surface area (Å²) in [6, 6.07) is 7.23. The van der Waals surface area contributed by atoms with Gasteiger partial charge in [0, 0.05) is 31.2 Å². The molecule has 2 aromatic rings. The molecule has 4 heterocycles. The Hall–Kier alpha value is -2.08. The number of hydrogen-bond donors (Lipinski definition) is 1. The van der Waals surface area contributed by atoms with Gasteiger partial charge in [0.25, 0.3) is 0 Å². The molecule has 0 radical (unpaired) electrons. The van der Waals surface area contributed by atoms with Gasteiger partial charge >= 0.3 is 11.7 Å². The Labute approximate surface area is 141 Å². The predicted octanol–water partition coefficient (Wildman–Crippen LogP) is 2.18. The maximum Gasteiger partial charge on any atom is 0.337 e. The van der Waals surface area contributed by atoms with Crippen molar-refractivity contribution in [3.63, 3.8) is 0 Å². The number of nitrogens with zero attached hydrogens (tertiary/aromatic N) is 3. The van der Waals surface area contributed by atoms with Crippen molar-refractivity contribution in [1.29, 1.82) is 0 Å².